The topological polar surface area (TPSA) is 33.1 Å². The van der Waals surface area contributed by atoms with Crippen LogP contribution in [0.5, 0.6) is 0 Å². The predicted octanol–water partition coefficient (Wildman–Crippen LogP) is 2.51. The fraction of sp³-hybridized carbons (Fsp3) is 0.583. The third kappa shape index (κ3) is 2.55. The lowest BCUT2D eigenvalue weighted by atomic mass is 9.87. The van der Waals surface area contributed by atoms with E-state index in [-0.39, 0.29) is 12.0 Å². The third-order valence-electron chi connectivity index (χ3n) is 2.49. The summed E-state index contributed by atoms with van der Waals surface area (Å²) in [6.45, 7) is 8.03. The third-order valence-corrected chi connectivity index (χ3v) is 2.49. The molecule has 2 unspecified atom stereocenters. The number of nitrogens with zero attached hydrogens (tertiary/aromatic N) is 1. The SMILES string of the molecule is Cc1cccc(C(C(C)C)C(C)O)n1. The van der Waals surface area contributed by atoms with Crippen LogP contribution in [0.25, 0.3) is 0 Å². The monoisotopic (exact) mass is 193 g/mol. The van der Waals surface area contributed by atoms with Crippen LogP contribution in [0.1, 0.15) is 38.1 Å². The molecule has 14 heavy (non-hydrogen) atoms. The largest absolute Gasteiger partial charge is 0.393 e. The number of aromatic nitrogens is 1. The molecule has 0 aliphatic carbocycles. The number of aryl methyl sites for hydroxylation is 1. The molecule has 2 atom stereocenters. The van der Waals surface area contributed by atoms with Crippen molar-refractivity contribution in [3.05, 3.63) is 29.6 Å². The second-order valence-electron chi connectivity index (χ2n) is 4.21. The van der Waals surface area contributed by atoms with Gasteiger partial charge in [0.2, 0.25) is 0 Å². The Kier molecular flexibility index (Phi) is 3.64. The maximum Gasteiger partial charge on any atom is 0.0598 e. The van der Waals surface area contributed by atoms with E-state index in [2.05, 4.69) is 18.8 Å². The molecule has 0 aromatic carbocycles. The minimum Gasteiger partial charge on any atom is -0.393 e. The highest BCUT2D eigenvalue weighted by atomic mass is 16.3. The lowest BCUT2D eigenvalue weighted by Crippen LogP contribution is -2.21. The Labute approximate surface area is 86.0 Å². The molecule has 2 nitrogen and oxygen atoms in total. The first kappa shape index (κ1) is 11.2. The first-order valence-electron chi connectivity index (χ1n) is 5.14. The van der Waals surface area contributed by atoms with Crippen molar-refractivity contribution >= 4 is 0 Å². The highest BCUT2D eigenvalue weighted by Gasteiger charge is 2.22. The van der Waals surface area contributed by atoms with Gasteiger partial charge in [-0.1, -0.05) is 19.9 Å². The minimum absolute atomic E-state index is 0.134. The summed E-state index contributed by atoms with van der Waals surface area (Å²) in [7, 11) is 0. The summed E-state index contributed by atoms with van der Waals surface area (Å²) in [5.41, 5.74) is 2.00. The van der Waals surface area contributed by atoms with Crippen LogP contribution >= 0.6 is 0 Å². The van der Waals surface area contributed by atoms with Gasteiger partial charge in [-0.3, -0.25) is 4.98 Å². The standard InChI is InChI=1S/C12H19NO/c1-8(2)12(10(4)14)11-7-5-6-9(3)13-11/h5-8,10,12,14H,1-4H3. The van der Waals surface area contributed by atoms with Gasteiger partial charge in [0, 0.05) is 17.3 Å². The summed E-state index contributed by atoms with van der Waals surface area (Å²) in [5.74, 6) is 0.541. The second-order valence-corrected chi connectivity index (χ2v) is 4.21. The van der Waals surface area contributed by atoms with E-state index in [1.165, 1.54) is 0 Å². The van der Waals surface area contributed by atoms with Crippen molar-refractivity contribution in [1.29, 1.82) is 0 Å². The van der Waals surface area contributed by atoms with Gasteiger partial charge in [0.1, 0.15) is 0 Å². The van der Waals surface area contributed by atoms with Crippen LogP contribution in [0.2, 0.25) is 0 Å². The molecule has 1 rings (SSSR count). The molecule has 1 aromatic heterocycles. The van der Waals surface area contributed by atoms with Gasteiger partial charge in [-0.25, -0.2) is 0 Å². The molecule has 2 heteroatoms. The van der Waals surface area contributed by atoms with Crippen LogP contribution in [0, 0.1) is 12.8 Å². The predicted molar refractivity (Wildman–Crippen MR) is 58.2 cm³/mol. The van der Waals surface area contributed by atoms with Crippen LogP contribution in [0.15, 0.2) is 18.2 Å². The van der Waals surface area contributed by atoms with E-state index in [4.69, 9.17) is 0 Å². The van der Waals surface area contributed by atoms with Crippen LogP contribution in [0.3, 0.4) is 0 Å². The minimum atomic E-state index is -0.343. The first-order chi connectivity index (χ1) is 6.52. The van der Waals surface area contributed by atoms with Crippen LogP contribution < -0.4 is 0 Å². The highest BCUT2D eigenvalue weighted by Crippen LogP contribution is 2.26. The number of hydrogen-bond acceptors (Lipinski definition) is 2. The van der Waals surface area contributed by atoms with Gasteiger partial charge in [0.15, 0.2) is 0 Å². The molecule has 1 heterocycles. The fourth-order valence-corrected chi connectivity index (χ4v) is 1.90. The second kappa shape index (κ2) is 4.56. The number of hydrogen-bond donors (Lipinski definition) is 1. The average Bonchev–Trinajstić information content (AvgIpc) is 2.02. The van der Waals surface area contributed by atoms with E-state index in [0.29, 0.717) is 5.92 Å². The Hall–Kier alpha value is -0.890. The van der Waals surface area contributed by atoms with Crippen molar-refractivity contribution in [2.24, 2.45) is 5.92 Å². The van der Waals surface area contributed by atoms with E-state index in [0.717, 1.165) is 11.4 Å². The van der Waals surface area contributed by atoms with Gasteiger partial charge in [0.05, 0.1) is 6.10 Å². The molecule has 0 fully saturated rings. The summed E-state index contributed by atoms with van der Waals surface area (Å²) in [4.78, 5) is 4.46. The molecule has 0 aliphatic heterocycles. The van der Waals surface area contributed by atoms with E-state index < -0.39 is 0 Å². The van der Waals surface area contributed by atoms with Gasteiger partial charge in [-0.05, 0) is 31.9 Å². The molecule has 0 aliphatic rings. The van der Waals surface area contributed by atoms with Crippen molar-refractivity contribution < 1.29 is 5.11 Å². The molecular formula is C12H19NO. The quantitative estimate of drug-likeness (QED) is 0.800. The lowest BCUT2D eigenvalue weighted by Gasteiger charge is -2.23. The van der Waals surface area contributed by atoms with Crippen LogP contribution in [-0.2, 0) is 0 Å². The van der Waals surface area contributed by atoms with Gasteiger partial charge in [0.25, 0.3) is 0 Å². The lowest BCUT2D eigenvalue weighted by molar-refractivity contribution is 0.138. The number of rotatable bonds is 3. The summed E-state index contributed by atoms with van der Waals surface area (Å²) >= 11 is 0. The molecule has 78 valence electrons. The zero-order chi connectivity index (χ0) is 10.7. The van der Waals surface area contributed by atoms with E-state index in [9.17, 15) is 5.11 Å². The zero-order valence-electron chi connectivity index (χ0n) is 9.36. The number of aliphatic hydroxyl groups is 1. The van der Waals surface area contributed by atoms with Crippen LogP contribution in [0.4, 0.5) is 0 Å². The van der Waals surface area contributed by atoms with Gasteiger partial charge >= 0.3 is 0 Å². The average molecular weight is 193 g/mol. The van der Waals surface area contributed by atoms with Crippen molar-refractivity contribution in [3.8, 4) is 0 Å². The Balaban J connectivity index is 2.99. The first-order valence-corrected chi connectivity index (χ1v) is 5.14. The Morgan fingerprint density at radius 3 is 2.29 bits per heavy atom. The Morgan fingerprint density at radius 2 is 1.86 bits per heavy atom. The van der Waals surface area contributed by atoms with Crippen molar-refractivity contribution in [2.45, 2.75) is 39.7 Å². The highest BCUT2D eigenvalue weighted by molar-refractivity contribution is 5.15. The molecule has 0 saturated carbocycles. The molecule has 0 radical (unpaired) electrons. The van der Waals surface area contributed by atoms with E-state index in [1.54, 1.807) is 0 Å². The van der Waals surface area contributed by atoms with E-state index in [1.807, 2.05) is 32.0 Å². The summed E-state index contributed by atoms with van der Waals surface area (Å²) in [6.07, 6.45) is -0.343. The summed E-state index contributed by atoms with van der Waals surface area (Å²) < 4.78 is 0. The molecule has 0 bridgehead atoms. The molecule has 1 N–H and O–H groups in total. The van der Waals surface area contributed by atoms with E-state index >= 15 is 0 Å². The maximum atomic E-state index is 9.69. The normalized spacial score (nSPS) is 15.6. The Morgan fingerprint density at radius 1 is 1.21 bits per heavy atom. The van der Waals surface area contributed by atoms with Crippen molar-refractivity contribution in [2.75, 3.05) is 0 Å². The number of pyridine rings is 1. The van der Waals surface area contributed by atoms with Gasteiger partial charge < -0.3 is 5.11 Å². The molecular weight excluding hydrogens is 174 g/mol. The molecule has 0 saturated heterocycles. The molecule has 1 aromatic rings. The zero-order valence-corrected chi connectivity index (χ0v) is 9.36. The number of aliphatic hydroxyl groups excluding tert-OH is 1. The fourth-order valence-electron chi connectivity index (χ4n) is 1.90. The summed E-state index contributed by atoms with van der Waals surface area (Å²) in [6, 6.07) is 5.96. The van der Waals surface area contributed by atoms with Crippen molar-refractivity contribution in [1.82, 2.24) is 4.98 Å². The maximum absolute atomic E-state index is 9.69. The van der Waals surface area contributed by atoms with Crippen molar-refractivity contribution in [3.63, 3.8) is 0 Å². The molecule has 0 spiro atoms. The summed E-state index contributed by atoms with van der Waals surface area (Å²) in [5, 5.41) is 9.69. The molecule has 0 amide bonds. The van der Waals surface area contributed by atoms with Crippen LogP contribution in [-0.4, -0.2) is 16.2 Å². The van der Waals surface area contributed by atoms with Gasteiger partial charge in [-0.15, -0.1) is 0 Å². The smallest absolute Gasteiger partial charge is 0.0598 e. The van der Waals surface area contributed by atoms with Gasteiger partial charge in [-0.2, -0.15) is 0 Å². The Bertz CT molecular complexity index is 286.